The Morgan fingerprint density at radius 1 is 1.50 bits per heavy atom. The second-order valence-electron chi connectivity index (χ2n) is 3.17. The highest BCUT2D eigenvalue weighted by molar-refractivity contribution is 4.65. The molecule has 0 spiro atoms. The summed E-state index contributed by atoms with van der Waals surface area (Å²) in [4.78, 5) is 1.40. The van der Waals surface area contributed by atoms with Gasteiger partial charge in [-0.3, -0.25) is 0 Å². The van der Waals surface area contributed by atoms with Crippen molar-refractivity contribution >= 4 is 0 Å². The second kappa shape index (κ2) is 3.65. The molecule has 0 aromatic carbocycles. The third-order valence-electron chi connectivity index (χ3n) is 1.93. The molecule has 0 saturated carbocycles. The molecule has 72 valence electrons. The van der Waals surface area contributed by atoms with E-state index in [2.05, 4.69) is 0 Å². The molecule has 0 amide bonds. The van der Waals surface area contributed by atoms with E-state index in [1.54, 1.807) is 0 Å². The van der Waals surface area contributed by atoms with Crippen molar-refractivity contribution in [2.75, 3.05) is 33.2 Å². The van der Waals surface area contributed by atoms with Crippen LogP contribution in [-0.2, 0) is 0 Å². The van der Waals surface area contributed by atoms with E-state index in [1.807, 2.05) is 0 Å². The van der Waals surface area contributed by atoms with Gasteiger partial charge in [-0.1, -0.05) is 0 Å². The Balaban J connectivity index is 2.56. The summed E-state index contributed by atoms with van der Waals surface area (Å²) in [5.41, 5.74) is 0. The van der Waals surface area contributed by atoms with E-state index in [1.165, 1.54) is 4.90 Å². The van der Waals surface area contributed by atoms with Crippen LogP contribution in [0.1, 0.15) is 0 Å². The summed E-state index contributed by atoms with van der Waals surface area (Å²) < 4.78 is -0.873. The van der Waals surface area contributed by atoms with Crippen molar-refractivity contribution < 1.29 is 20.0 Å². The molecule has 0 bridgehead atoms. The van der Waals surface area contributed by atoms with Gasteiger partial charge < -0.3 is 25.2 Å². The van der Waals surface area contributed by atoms with Crippen LogP contribution in [0.15, 0.2) is 0 Å². The van der Waals surface area contributed by atoms with Gasteiger partial charge in [0.05, 0.1) is 0 Å². The zero-order valence-corrected chi connectivity index (χ0v) is 6.76. The number of rotatable bonds is 2. The standard InChI is InChI=1S/C6H14N2O4/c9-4-7-1-6(11)2-8(12,3-7)5-10/h6,9-11H,1-5H2. The Kier molecular flexibility index (Phi) is 2.99. The normalized spacial score (nSPS) is 38.5. The second-order valence-corrected chi connectivity index (χ2v) is 3.17. The Morgan fingerprint density at radius 2 is 2.17 bits per heavy atom. The fourth-order valence-corrected chi connectivity index (χ4v) is 1.42. The Bertz CT molecular complexity index is 156. The van der Waals surface area contributed by atoms with Crippen molar-refractivity contribution in [1.29, 1.82) is 0 Å². The maximum absolute atomic E-state index is 11.4. The number of hydroxylamine groups is 3. The molecule has 1 rings (SSSR count). The summed E-state index contributed by atoms with van der Waals surface area (Å²) in [5.74, 6) is 0. The third kappa shape index (κ3) is 2.13. The van der Waals surface area contributed by atoms with Gasteiger partial charge in [-0.05, 0) is 0 Å². The van der Waals surface area contributed by atoms with Gasteiger partial charge in [-0.25, -0.2) is 4.90 Å². The summed E-state index contributed by atoms with van der Waals surface area (Å²) in [6.07, 6.45) is -0.768. The van der Waals surface area contributed by atoms with E-state index in [-0.39, 0.29) is 19.9 Å². The van der Waals surface area contributed by atoms with Gasteiger partial charge in [0.1, 0.15) is 26.0 Å². The first-order chi connectivity index (χ1) is 5.59. The molecule has 6 heteroatoms. The molecule has 6 nitrogen and oxygen atoms in total. The molecular formula is C6H14N2O4. The van der Waals surface area contributed by atoms with Crippen LogP contribution in [0.3, 0.4) is 0 Å². The van der Waals surface area contributed by atoms with Crippen LogP contribution >= 0.6 is 0 Å². The fourth-order valence-electron chi connectivity index (χ4n) is 1.42. The first-order valence-corrected chi connectivity index (χ1v) is 3.79. The minimum atomic E-state index is -0.873. The number of nitrogens with zero attached hydrogens (tertiary/aromatic N) is 2. The van der Waals surface area contributed by atoms with Gasteiger partial charge in [0.25, 0.3) is 0 Å². The Morgan fingerprint density at radius 3 is 2.67 bits per heavy atom. The number of quaternary nitrogens is 1. The summed E-state index contributed by atoms with van der Waals surface area (Å²) in [6.45, 7) is -0.511. The molecule has 0 aromatic heterocycles. The minimum absolute atomic E-state index is 0.00694. The molecule has 1 aliphatic heterocycles. The highest BCUT2D eigenvalue weighted by atomic mass is 16.6. The van der Waals surface area contributed by atoms with Crippen molar-refractivity contribution in [2.24, 2.45) is 0 Å². The van der Waals surface area contributed by atoms with Gasteiger partial charge in [-0.2, -0.15) is 0 Å². The average molecular weight is 178 g/mol. The monoisotopic (exact) mass is 178 g/mol. The maximum atomic E-state index is 11.4. The van der Waals surface area contributed by atoms with Crippen molar-refractivity contribution in [3.05, 3.63) is 5.21 Å². The zero-order valence-electron chi connectivity index (χ0n) is 6.76. The van der Waals surface area contributed by atoms with E-state index in [0.29, 0.717) is 6.54 Å². The predicted molar refractivity (Wildman–Crippen MR) is 40.2 cm³/mol. The quantitative estimate of drug-likeness (QED) is 0.331. The summed E-state index contributed by atoms with van der Waals surface area (Å²) in [6, 6.07) is 0. The first-order valence-electron chi connectivity index (χ1n) is 3.79. The van der Waals surface area contributed by atoms with Crippen molar-refractivity contribution in [3.63, 3.8) is 0 Å². The number of hydrogen-bond donors (Lipinski definition) is 3. The van der Waals surface area contributed by atoms with Crippen LogP contribution in [0.2, 0.25) is 0 Å². The molecule has 1 heterocycles. The topological polar surface area (TPSA) is 87.0 Å². The lowest BCUT2D eigenvalue weighted by Gasteiger charge is -2.48. The van der Waals surface area contributed by atoms with Gasteiger partial charge in [-0.15, -0.1) is 0 Å². The van der Waals surface area contributed by atoms with Crippen LogP contribution in [0.25, 0.3) is 0 Å². The summed E-state index contributed by atoms with van der Waals surface area (Å²) in [7, 11) is 0. The summed E-state index contributed by atoms with van der Waals surface area (Å²) in [5, 5.41) is 38.1. The molecule has 2 unspecified atom stereocenters. The number of aliphatic hydroxyl groups is 3. The highest BCUT2D eigenvalue weighted by Gasteiger charge is 2.30. The lowest BCUT2D eigenvalue weighted by Crippen LogP contribution is -2.61. The molecule has 3 N–H and O–H groups in total. The molecule has 0 radical (unpaired) electrons. The van der Waals surface area contributed by atoms with Crippen molar-refractivity contribution in [1.82, 2.24) is 4.90 Å². The molecule has 1 fully saturated rings. The molecule has 1 aliphatic rings. The van der Waals surface area contributed by atoms with Crippen LogP contribution in [-0.4, -0.2) is 64.2 Å². The van der Waals surface area contributed by atoms with Crippen LogP contribution in [0.5, 0.6) is 0 Å². The van der Waals surface area contributed by atoms with E-state index in [0.717, 1.165) is 0 Å². The maximum Gasteiger partial charge on any atom is 0.181 e. The lowest BCUT2D eigenvalue weighted by molar-refractivity contribution is -0.918. The Labute approximate surface area is 70.4 Å². The molecule has 12 heavy (non-hydrogen) atoms. The summed E-state index contributed by atoms with van der Waals surface area (Å²) >= 11 is 0. The van der Waals surface area contributed by atoms with Gasteiger partial charge in [0, 0.05) is 6.54 Å². The van der Waals surface area contributed by atoms with Crippen LogP contribution < -0.4 is 0 Å². The Hall–Kier alpha value is -0.240. The molecule has 1 saturated heterocycles. The predicted octanol–water partition coefficient (Wildman–Crippen LogP) is -2.17. The van der Waals surface area contributed by atoms with Gasteiger partial charge in [0.15, 0.2) is 6.73 Å². The van der Waals surface area contributed by atoms with Crippen LogP contribution in [0.4, 0.5) is 0 Å². The van der Waals surface area contributed by atoms with E-state index in [4.69, 9.17) is 10.2 Å². The molecule has 0 aliphatic carbocycles. The van der Waals surface area contributed by atoms with Gasteiger partial charge in [0.2, 0.25) is 0 Å². The minimum Gasteiger partial charge on any atom is -0.630 e. The van der Waals surface area contributed by atoms with E-state index in [9.17, 15) is 10.3 Å². The van der Waals surface area contributed by atoms with Crippen LogP contribution in [0, 0.1) is 5.21 Å². The molecular weight excluding hydrogens is 164 g/mol. The highest BCUT2D eigenvalue weighted by Crippen LogP contribution is 2.13. The van der Waals surface area contributed by atoms with E-state index < -0.39 is 17.5 Å². The van der Waals surface area contributed by atoms with Crippen molar-refractivity contribution in [2.45, 2.75) is 6.10 Å². The number of aliphatic hydroxyl groups excluding tert-OH is 3. The number of hydrogen-bond acceptors (Lipinski definition) is 5. The SMILES string of the molecule is [O-][N+]1(CO)CC(O)CN(CO)C1. The molecule has 2 atom stereocenters. The van der Waals surface area contributed by atoms with Gasteiger partial charge >= 0.3 is 0 Å². The third-order valence-corrected chi connectivity index (χ3v) is 1.93. The van der Waals surface area contributed by atoms with E-state index >= 15 is 0 Å². The smallest absolute Gasteiger partial charge is 0.181 e. The number of β-amino-alcohol motifs (C(OH)–C–C–N with tert-alkyl or cyclic N) is 1. The molecule has 0 aromatic rings. The first kappa shape index (κ1) is 9.85. The largest absolute Gasteiger partial charge is 0.630 e. The van der Waals surface area contributed by atoms with Crippen molar-refractivity contribution in [3.8, 4) is 0 Å². The zero-order chi connectivity index (χ0) is 9.19. The lowest BCUT2D eigenvalue weighted by atomic mass is 10.2. The fraction of sp³-hybridized carbons (Fsp3) is 1.00. The average Bonchev–Trinajstić information content (AvgIpc) is 2.03.